The number of carbonyl (C=O) groups excluding carboxylic acids is 3. The number of carboxylic acid groups (broad SMARTS) is 6. The van der Waals surface area contributed by atoms with Crippen LogP contribution in [0.1, 0.15) is 77.0 Å². The van der Waals surface area contributed by atoms with Crippen LogP contribution in [-0.4, -0.2) is 104 Å². The summed E-state index contributed by atoms with van der Waals surface area (Å²) in [5, 5.41) is 57.2. The summed E-state index contributed by atoms with van der Waals surface area (Å²) in [6.45, 7) is 1.23. The first-order valence-corrected chi connectivity index (χ1v) is 14.8. The lowest BCUT2D eigenvalue weighted by molar-refractivity contribution is -0.138. The highest BCUT2D eigenvalue weighted by Crippen LogP contribution is 2.02. The van der Waals surface area contributed by atoms with Gasteiger partial charge >= 0.3 is 35.8 Å². The summed E-state index contributed by atoms with van der Waals surface area (Å²) in [6.07, 6.45) is 11.6. The van der Waals surface area contributed by atoms with Gasteiger partial charge in [-0.05, 0) is 38.5 Å². The molecule has 0 atom stereocenters. The molecule has 0 bridgehead atoms. The number of aliphatic carboxylic acids is 6. The van der Waals surface area contributed by atoms with E-state index in [1.54, 1.807) is 0 Å². The minimum Gasteiger partial charge on any atom is -0.481 e. The number of carbonyl (C=O) groups is 9. The zero-order chi connectivity index (χ0) is 37.2. The molecule has 18 heteroatoms. The van der Waals surface area contributed by atoms with E-state index in [0.29, 0.717) is 51.7 Å². The van der Waals surface area contributed by atoms with E-state index in [9.17, 15) is 43.2 Å². The molecule has 0 fully saturated rings. The maximum atomic E-state index is 11.0. The van der Waals surface area contributed by atoms with Gasteiger partial charge in [0, 0.05) is 75.4 Å². The molecular formula is C30H45N3O15. The molecule has 0 saturated carbocycles. The number of amides is 3. The van der Waals surface area contributed by atoms with Crippen LogP contribution in [0.25, 0.3) is 0 Å². The maximum absolute atomic E-state index is 11.0. The van der Waals surface area contributed by atoms with Crippen LogP contribution in [0.3, 0.4) is 0 Å². The van der Waals surface area contributed by atoms with Crippen molar-refractivity contribution >= 4 is 53.5 Å². The smallest absolute Gasteiger partial charge is 0.328 e. The fourth-order valence-corrected chi connectivity index (χ4v) is 2.99. The van der Waals surface area contributed by atoms with Gasteiger partial charge in [-0.1, -0.05) is 19.3 Å². The Balaban J connectivity index is -0.000000634. The van der Waals surface area contributed by atoms with Crippen molar-refractivity contribution in [3.8, 4) is 0 Å². The van der Waals surface area contributed by atoms with Gasteiger partial charge in [0.25, 0.3) is 0 Å². The average Bonchev–Trinajstić information content (AvgIpc) is 2.99. The molecule has 18 nitrogen and oxygen atoms in total. The fourth-order valence-electron chi connectivity index (χ4n) is 2.99. The van der Waals surface area contributed by atoms with Crippen molar-refractivity contribution in [2.75, 3.05) is 19.6 Å². The zero-order valence-corrected chi connectivity index (χ0v) is 26.4. The van der Waals surface area contributed by atoms with Gasteiger partial charge in [-0.15, -0.1) is 0 Å². The number of hydrogen-bond acceptors (Lipinski definition) is 9. The molecular weight excluding hydrogens is 642 g/mol. The van der Waals surface area contributed by atoms with Crippen LogP contribution in [0, 0.1) is 0 Å². The van der Waals surface area contributed by atoms with Crippen LogP contribution in [-0.2, 0) is 43.2 Å². The minimum atomic E-state index is -1.18. The topological polar surface area (TPSA) is 311 Å². The lowest BCUT2D eigenvalue weighted by atomic mass is 10.1. The number of nitrogens with one attached hydrogen (secondary N) is 3. The van der Waals surface area contributed by atoms with Crippen LogP contribution in [0.4, 0.5) is 0 Å². The summed E-state index contributed by atoms with van der Waals surface area (Å²) in [5.74, 6) is -7.38. The Bertz CT molecular complexity index is 1130. The van der Waals surface area contributed by atoms with E-state index >= 15 is 0 Å². The van der Waals surface area contributed by atoms with E-state index in [2.05, 4.69) is 16.0 Å². The molecule has 0 saturated heterocycles. The van der Waals surface area contributed by atoms with Crippen LogP contribution >= 0.6 is 0 Å². The fraction of sp³-hybridized carbons (Fsp3) is 0.500. The van der Waals surface area contributed by atoms with Gasteiger partial charge in [0.15, 0.2) is 0 Å². The first kappa shape index (κ1) is 46.9. The van der Waals surface area contributed by atoms with Gasteiger partial charge in [-0.2, -0.15) is 0 Å². The summed E-state index contributed by atoms with van der Waals surface area (Å²) in [7, 11) is 0. The van der Waals surface area contributed by atoms with Crippen molar-refractivity contribution in [3.05, 3.63) is 36.5 Å². The van der Waals surface area contributed by atoms with Crippen molar-refractivity contribution in [1.29, 1.82) is 0 Å². The molecule has 0 aromatic heterocycles. The highest BCUT2D eigenvalue weighted by atomic mass is 16.4. The van der Waals surface area contributed by atoms with E-state index in [1.165, 1.54) is 0 Å². The maximum Gasteiger partial charge on any atom is 0.328 e. The van der Waals surface area contributed by atoms with Gasteiger partial charge < -0.3 is 46.6 Å². The van der Waals surface area contributed by atoms with E-state index in [-0.39, 0.29) is 19.3 Å². The van der Waals surface area contributed by atoms with Gasteiger partial charge in [-0.3, -0.25) is 28.8 Å². The van der Waals surface area contributed by atoms with Crippen molar-refractivity contribution in [2.45, 2.75) is 77.0 Å². The summed E-state index contributed by atoms with van der Waals surface area (Å²) in [6, 6.07) is 0. The molecule has 0 aliphatic heterocycles. The Morgan fingerprint density at radius 2 is 0.562 bits per heavy atom. The second kappa shape index (κ2) is 32.8. The van der Waals surface area contributed by atoms with E-state index < -0.39 is 53.5 Å². The van der Waals surface area contributed by atoms with Crippen LogP contribution in [0.15, 0.2) is 36.5 Å². The number of rotatable bonds is 24. The summed E-state index contributed by atoms with van der Waals surface area (Å²) in [4.78, 5) is 93.4. The molecule has 0 spiro atoms. The molecule has 0 radical (unpaired) electrons. The third kappa shape index (κ3) is 47.4. The summed E-state index contributed by atoms with van der Waals surface area (Å²) in [5.41, 5.74) is 0. The first-order chi connectivity index (χ1) is 22.6. The van der Waals surface area contributed by atoms with Gasteiger partial charge in [0.05, 0.1) is 0 Å². The van der Waals surface area contributed by atoms with Crippen molar-refractivity contribution in [1.82, 2.24) is 16.0 Å². The molecule has 48 heavy (non-hydrogen) atoms. The number of hydrogen-bond donors (Lipinski definition) is 9. The SMILES string of the molecule is O=C(O)C=CC(=O)NCCCCC(=O)O.O=C(O)C=CC(=O)NCCCCCC(=O)O.O=C(O)C=CC(=O)NCCCCCCC(=O)O. The number of unbranched alkanes of at least 4 members (excludes halogenated alkanes) is 6. The highest BCUT2D eigenvalue weighted by molar-refractivity contribution is 5.94. The summed E-state index contributed by atoms with van der Waals surface area (Å²) >= 11 is 0. The Morgan fingerprint density at radius 1 is 0.333 bits per heavy atom. The third-order valence-electron chi connectivity index (χ3n) is 5.23. The molecule has 0 aliphatic rings. The van der Waals surface area contributed by atoms with Crippen LogP contribution in [0.2, 0.25) is 0 Å². The molecule has 0 aliphatic carbocycles. The predicted molar refractivity (Wildman–Crippen MR) is 168 cm³/mol. The second-order valence-corrected chi connectivity index (χ2v) is 9.50. The molecule has 3 amide bonds. The van der Waals surface area contributed by atoms with E-state index in [4.69, 9.17) is 30.6 Å². The van der Waals surface area contributed by atoms with Gasteiger partial charge in [0.1, 0.15) is 0 Å². The molecule has 0 aromatic carbocycles. The second-order valence-electron chi connectivity index (χ2n) is 9.50. The van der Waals surface area contributed by atoms with Gasteiger partial charge in [0.2, 0.25) is 17.7 Å². The zero-order valence-electron chi connectivity index (χ0n) is 26.4. The lowest BCUT2D eigenvalue weighted by Crippen LogP contribution is -2.22. The predicted octanol–water partition coefficient (Wildman–Crippen LogP) is 1.17. The number of carboxylic acids is 6. The standard InChI is InChI=1S/C11H17NO5.C10H15NO5.C9H13NO5/c13-9(6-7-11(16)17)12-8-4-2-1-3-5-10(14)15;12-8(5-6-10(15)16)11-7-3-1-2-4-9(13)14;11-7(4-5-9(14)15)10-6-2-1-3-8(12)13/h6-7H,1-5,8H2,(H,12,13)(H,14,15)(H,16,17);5-6H,1-4,7H2,(H,11,12)(H,13,14)(H,15,16);4-5H,1-3,6H2,(H,10,11)(H,12,13)(H,14,15). The Hall–Kier alpha value is -5.55. The quantitative estimate of drug-likeness (QED) is 0.0508. The third-order valence-corrected chi connectivity index (χ3v) is 5.23. The Labute approximate surface area is 276 Å². The van der Waals surface area contributed by atoms with Gasteiger partial charge in [-0.25, -0.2) is 14.4 Å². The van der Waals surface area contributed by atoms with Crippen LogP contribution < -0.4 is 16.0 Å². The molecule has 0 aromatic rings. The molecule has 0 heterocycles. The normalized spacial score (nSPS) is 10.2. The van der Waals surface area contributed by atoms with Crippen LogP contribution in [0.5, 0.6) is 0 Å². The van der Waals surface area contributed by atoms with Crippen molar-refractivity contribution in [3.63, 3.8) is 0 Å². The molecule has 270 valence electrons. The van der Waals surface area contributed by atoms with E-state index in [0.717, 1.165) is 62.1 Å². The summed E-state index contributed by atoms with van der Waals surface area (Å²) < 4.78 is 0. The van der Waals surface area contributed by atoms with Crippen molar-refractivity contribution < 1.29 is 73.8 Å². The Kier molecular flexibility index (Phi) is 32.1. The monoisotopic (exact) mass is 687 g/mol. The Morgan fingerprint density at radius 3 is 0.833 bits per heavy atom. The van der Waals surface area contributed by atoms with Crippen molar-refractivity contribution in [2.24, 2.45) is 0 Å². The molecule has 0 rings (SSSR count). The van der Waals surface area contributed by atoms with E-state index in [1.807, 2.05) is 0 Å². The largest absolute Gasteiger partial charge is 0.481 e. The lowest BCUT2D eigenvalue weighted by Gasteiger charge is -2.01. The minimum absolute atomic E-state index is 0.0703. The first-order valence-electron chi connectivity index (χ1n) is 14.8. The average molecular weight is 688 g/mol. The molecule has 9 N–H and O–H groups in total. The highest BCUT2D eigenvalue weighted by Gasteiger charge is 2.01. The molecule has 0 unspecified atom stereocenters.